The molecule has 1 aliphatic heterocycles. The fourth-order valence-electron chi connectivity index (χ4n) is 2.87. The van der Waals surface area contributed by atoms with Crippen molar-refractivity contribution in [1.29, 1.82) is 0 Å². The number of quaternary nitrogens is 3. The van der Waals surface area contributed by atoms with Gasteiger partial charge in [0, 0.05) is 12.8 Å². The Morgan fingerprint density at radius 3 is 2.12 bits per heavy atom. The smallest absolute Gasteiger partial charge is 0.127 e. The molecule has 96 valence electrons. The van der Waals surface area contributed by atoms with Gasteiger partial charge in [-0.2, -0.15) is 0 Å². The molecule has 16 heavy (non-hydrogen) atoms. The average molecular weight is 230 g/mol. The van der Waals surface area contributed by atoms with Crippen molar-refractivity contribution in [3.05, 3.63) is 0 Å². The van der Waals surface area contributed by atoms with Crippen LogP contribution in [0.4, 0.5) is 0 Å². The monoisotopic (exact) mass is 230 g/mol. The highest BCUT2D eigenvalue weighted by molar-refractivity contribution is 4.59. The normalized spacial score (nSPS) is 28.3. The van der Waals surface area contributed by atoms with E-state index >= 15 is 0 Å². The minimum absolute atomic E-state index is 0.944. The number of nitrogens with one attached hydrogen (secondary N) is 3. The fourth-order valence-corrected chi connectivity index (χ4v) is 2.87. The standard InChI is InChI=1S/C13H29N3/c1-5-15-9-7-13(8-10-15)16(6-2)12-11-14(3)4/h13H,5-12H2,1-4H3/p+3. The van der Waals surface area contributed by atoms with Gasteiger partial charge >= 0.3 is 0 Å². The van der Waals surface area contributed by atoms with Gasteiger partial charge in [0.2, 0.25) is 0 Å². The van der Waals surface area contributed by atoms with Gasteiger partial charge in [-0.25, -0.2) is 0 Å². The first-order valence-electron chi connectivity index (χ1n) is 7.14. The van der Waals surface area contributed by atoms with E-state index in [-0.39, 0.29) is 0 Å². The molecule has 1 heterocycles. The Morgan fingerprint density at radius 2 is 1.69 bits per heavy atom. The molecule has 1 aliphatic rings. The molecule has 1 fully saturated rings. The van der Waals surface area contributed by atoms with Crippen molar-refractivity contribution in [3.63, 3.8) is 0 Å². The Labute approximate surface area is 101 Å². The van der Waals surface area contributed by atoms with Crippen molar-refractivity contribution >= 4 is 0 Å². The molecule has 0 aliphatic carbocycles. The van der Waals surface area contributed by atoms with Crippen LogP contribution in [0.25, 0.3) is 0 Å². The highest BCUT2D eigenvalue weighted by Crippen LogP contribution is 1.94. The summed E-state index contributed by atoms with van der Waals surface area (Å²) in [6.07, 6.45) is 2.88. The first-order chi connectivity index (χ1) is 7.67. The summed E-state index contributed by atoms with van der Waals surface area (Å²) in [6.45, 7) is 12.7. The SMILES string of the molecule is CC[NH+]1CCC([NH+](CC)CC[NH+](C)C)CC1. The predicted octanol–water partition coefficient (Wildman–Crippen LogP) is -2.90. The molecule has 1 unspecified atom stereocenters. The molecule has 0 bridgehead atoms. The molecular formula is C13H32N3+3. The Morgan fingerprint density at radius 1 is 1.06 bits per heavy atom. The molecule has 1 saturated heterocycles. The predicted molar refractivity (Wildman–Crippen MR) is 68.3 cm³/mol. The van der Waals surface area contributed by atoms with Crippen molar-refractivity contribution < 1.29 is 14.7 Å². The maximum atomic E-state index is 2.35. The van der Waals surface area contributed by atoms with E-state index in [4.69, 9.17) is 0 Å². The molecule has 1 rings (SSSR count). The zero-order valence-electron chi connectivity index (χ0n) is 11.7. The molecule has 0 aromatic carbocycles. The summed E-state index contributed by atoms with van der Waals surface area (Å²) in [5.74, 6) is 0. The number of rotatable bonds is 6. The molecule has 0 amide bonds. The van der Waals surface area contributed by atoms with Gasteiger partial charge in [0.15, 0.2) is 0 Å². The van der Waals surface area contributed by atoms with Crippen LogP contribution in [0, 0.1) is 0 Å². The number of hydrogen-bond acceptors (Lipinski definition) is 0. The number of likely N-dealkylation sites (N-methyl/N-ethyl adjacent to an activating group) is 2. The minimum atomic E-state index is 0.944. The van der Waals surface area contributed by atoms with E-state index in [1.807, 2.05) is 9.80 Å². The van der Waals surface area contributed by atoms with Gasteiger partial charge in [0.1, 0.15) is 13.1 Å². The van der Waals surface area contributed by atoms with E-state index < -0.39 is 0 Å². The zero-order chi connectivity index (χ0) is 12.0. The van der Waals surface area contributed by atoms with Crippen LogP contribution in [0.15, 0.2) is 0 Å². The summed E-state index contributed by atoms with van der Waals surface area (Å²) in [5, 5.41) is 0. The summed E-state index contributed by atoms with van der Waals surface area (Å²) in [4.78, 5) is 5.24. The van der Waals surface area contributed by atoms with E-state index in [0.717, 1.165) is 6.04 Å². The van der Waals surface area contributed by atoms with E-state index in [2.05, 4.69) is 27.9 Å². The molecule has 0 spiro atoms. The first kappa shape index (κ1) is 13.9. The minimum Gasteiger partial charge on any atom is -0.335 e. The Hall–Kier alpha value is -0.120. The number of likely N-dealkylation sites (tertiary alicyclic amines) is 1. The summed E-state index contributed by atoms with van der Waals surface area (Å²) in [6, 6.07) is 0.944. The molecule has 3 nitrogen and oxygen atoms in total. The largest absolute Gasteiger partial charge is 0.335 e. The number of piperidine rings is 1. The third kappa shape index (κ3) is 4.40. The van der Waals surface area contributed by atoms with Crippen LogP contribution >= 0.6 is 0 Å². The van der Waals surface area contributed by atoms with Crippen LogP contribution < -0.4 is 14.7 Å². The molecule has 0 aromatic heterocycles. The lowest BCUT2D eigenvalue weighted by molar-refractivity contribution is -0.974. The van der Waals surface area contributed by atoms with Crippen molar-refractivity contribution in [2.45, 2.75) is 32.7 Å². The lowest BCUT2D eigenvalue weighted by Crippen LogP contribution is -3.23. The van der Waals surface area contributed by atoms with Crippen LogP contribution in [-0.4, -0.2) is 59.4 Å². The van der Waals surface area contributed by atoms with E-state index in [1.165, 1.54) is 52.1 Å². The quantitative estimate of drug-likeness (QED) is 0.433. The Balaban J connectivity index is 2.31. The average Bonchev–Trinajstić information content (AvgIpc) is 2.30. The molecular weight excluding hydrogens is 198 g/mol. The van der Waals surface area contributed by atoms with Gasteiger partial charge in [-0.15, -0.1) is 0 Å². The summed E-state index contributed by atoms with van der Waals surface area (Å²) >= 11 is 0. The topological polar surface area (TPSA) is 13.3 Å². The van der Waals surface area contributed by atoms with Gasteiger partial charge in [0.25, 0.3) is 0 Å². The van der Waals surface area contributed by atoms with Crippen molar-refractivity contribution in [2.24, 2.45) is 0 Å². The first-order valence-corrected chi connectivity index (χ1v) is 7.14. The van der Waals surface area contributed by atoms with Gasteiger partial charge in [-0.3, -0.25) is 0 Å². The van der Waals surface area contributed by atoms with E-state index in [0.29, 0.717) is 0 Å². The lowest BCUT2D eigenvalue weighted by atomic mass is 10.0. The summed E-state index contributed by atoms with van der Waals surface area (Å²) in [7, 11) is 4.52. The highest BCUT2D eigenvalue weighted by Gasteiger charge is 2.28. The maximum Gasteiger partial charge on any atom is 0.127 e. The molecule has 0 saturated carbocycles. The lowest BCUT2D eigenvalue weighted by Gasteiger charge is -2.33. The van der Waals surface area contributed by atoms with Crippen molar-refractivity contribution in [2.75, 3.05) is 53.4 Å². The van der Waals surface area contributed by atoms with Crippen molar-refractivity contribution in [1.82, 2.24) is 0 Å². The number of hydrogen-bond donors (Lipinski definition) is 3. The van der Waals surface area contributed by atoms with Gasteiger partial charge < -0.3 is 14.7 Å². The Kier molecular flexibility index (Phi) is 6.32. The van der Waals surface area contributed by atoms with Crippen LogP contribution in [0.3, 0.4) is 0 Å². The third-order valence-electron chi connectivity index (χ3n) is 4.17. The second kappa shape index (κ2) is 7.25. The van der Waals surface area contributed by atoms with E-state index in [9.17, 15) is 0 Å². The molecule has 0 radical (unpaired) electrons. The molecule has 0 aromatic rings. The molecule has 3 N–H and O–H groups in total. The second-order valence-electron chi connectivity index (χ2n) is 5.60. The summed E-state index contributed by atoms with van der Waals surface area (Å²) < 4.78 is 0. The van der Waals surface area contributed by atoms with Crippen LogP contribution in [0.1, 0.15) is 26.7 Å². The van der Waals surface area contributed by atoms with Crippen LogP contribution in [-0.2, 0) is 0 Å². The highest BCUT2D eigenvalue weighted by atomic mass is 15.2. The van der Waals surface area contributed by atoms with Gasteiger partial charge in [-0.05, 0) is 13.8 Å². The molecule has 1 atom stereocenters. The van der Waals surface area contributed by atoms with Crippen LogP contribution in [0.2, 0.25) is 0 Å². The molecule has 3 heteroatoms. The van der Waals surface area contributed by atoms with E-state index in [1.54, 1.807) is 4.90 Å². The van der Waals surface area contributed by atoms with Gasteiger partial charge in [-0.1, -0.05) is 0 Å². The third-order valence-corrected chi connectivity index (χ3v) is 4.17. The second-order valence-corrected chi connectivity index (χ2v) is 5.60. The van der Waals surface area contributed by atoms with Crippen LogP contribution in [0.5, 0.6) is 0 Å². The Bertz CT molecular complexity index is 174. The van der Waals surface area contributed by atoms with Crippen molar-refractivity contribution in [3.8, 4) is 0 Å². The zero-order valence-corrected chi connectivity index (χ0v) is 11.7. The maximum absolute atomic E-state index is 2.35. The fraction of sp³-hybridized carbons (Fsp3) is 1.00. The van der Waals surface area contributed by atoms with Gasteiger partial charge in [0.05, 0.1) is 46.3 Å². The summed E-state index contributed by atoms with van der Waals surface area (Å²) in [5.41, 5.74) is 0.